The number of aliphatic hydroxyl groups excluding tert-OH is 5. The summed E-state index contributed by atoms with van der Waals surface area (Å²) in [7, 11) is 0. The van der Waals surface area contributed by atoms with Crippen molar-refractivity contribution in [2.45, 2.75) is 30.7 Å². The van der Waals surface area contributed by atoms with Crippen LogP contribution in [-0.2, 0) is 4.74 Å². The summed E-state index contributed by atoms with van der Waals surface area (Å²) in [4.78, 5) is 9.00. The molecule has 1 saturated heterocycles. The molecule has 0 saturated carbocycles. The first-order chi connectivity index (χ1) is 7.31. The zero-order valence-corrected chi connectivity index (χ0v) is 8.30. The minimum absolute atomic E-state index is 0.526. The molecule has 0 aromatic heterocycles. The summed E-state index contributed by atoms with van der Waals surface area (Å²) < 4.78 is 4.58. The quantitative estimate of drug-likeness (QED) is 0.242. The molecule has 0 spiro atoms. The van der Waals surface area contributed by atoms with E-state index in [0.717, 1.165) is 0 Å². The summed E-state index contributed by atoms with van der Waals surface area (Å²) in [6, 6.07) is -0.833. The fourth-order valence-corrected chi connectivity index (χ4v) is 1.08. The van der Waals surface area contributed by atoms with Gasteiger partial charge in [-0.1, -0.05) is 0 Å². The molecule has 2 amide bonds. The third-order valence-electron chi connectivity index (χ3n) is 1.87. The average molecular weight is 240 g/mol. The van der Waals surface area contributed by atoms with Gasteiger partial charge < -0.3 is 41.7 Å². The van der Waals surface area contributed by atoms with Gasteiger partial charge in [-0.15, -0.1) is 0 Å². The number of nitrogens with two attached hydrogens (primary N) is 2. The van der Waals surface area contributed by atoms with Crippen LogP contribution in [0.1, 0.15) is 0 Å². The summed E-state index contributed by atoms with van der Waals surface area (Å²) in [5.41, 5.74) is 8.50. The first-order valence-corrected chi connectivity index (χ1v) is 4.34. The van der Waals surface area contributed by atoms with Gasteiger partial charge in [0.1, 0.15) is 24.4 Å². The Balaban J connectivity index is 0.000000487. The maximum atomic E-state index is 9.12. The number of ether oxygens (including phenoxy) is 1. The van der Waals surface area contributed by atoms with Crippen molar-refractivity contribution in [3.63, 3.8) is 0 Å². The van der Waals surface area contributed by atoms with Crippen LogP contribution in [0.3, 0.4) is 0 Å². The van der Waals surface area contributed by atoms with Crippen LogP contribution < -0.4 is 11.5 Å². The molecule has 5 atom stereocenters. The number of urea groups is 1. The molecule has 9 heteroatoms. The number of hydrogen-bond acceptors (Lipinski definition) is 7. The van der Waals surface area contributed by atoms with Crippen molar-refractivity contribution in [2.75, 3.05) is 6.61 Å². The molecule has 0 aromatic carbocycles. The molecule has 9 nitrogen and oxygen atoms in total. The summed E-state index contributed by atoms with van der Waals surface area (Å²) in [6.45, 7) is -0.526. The standard InChI is InChI=1S/C6H12O6.CH4N2O/c7-1-2-3(8)4(9)5(10)6(11)12-2;2-1(3)4/h2-11H,1H2;(H4,2,3,4)/t2-,3-,4+,5-,6?;/m1./s1. The summed E-state index contributed by atoms with van der Waals surface area (Å²) in [6.07, 6.45) is -7.04. The monoisotopic (exact) mass is 240 g/mol. The van der Waals surface area contributed by atoms with E-state index >= 15 is 0 Å². The molecule has 1 fully saturated rings. The Morgan fingerprint density at radius 3 is 1.88 bits per heavy atom. The number of amides is 2. The highest BCUT2D eigenvalue weighted by Crippen LogP contribution is 2.18. The number of hydrogen-bond donors (Lipinski definition) is 7. The highest BCUT2D eigenvalue weighted by atomic mass is 16.6. The summed E-state index contributed by atoms with van der Waals surface area (Å²) in [5.74, 6) is 0. The van der Waals surface area contributed by atoms with Gasteiger partial charge in [0.25, 0.3) is 0 Å². The van der Waals surface area contributed by atoms with Crippen LogP contribution in [0.5, 0.6) is 0 Å². The fourth-order valence-electron chi connectivity index (χ4n) is 1.08. The van der Waals surface area contributed by atoms with Crippen LogP contribution >= 0.6 is 0 Å². The van der Waals surface area contributed by atoms with Crippen LogP contribution in [0.25, 0.3) is 0 Å². The topological polar surface area (TPSA) is 179 Å². The first kappa shape index (κ1) is 15.0. The van der Waals surface area contributed by atoms with Crippen LogP contribution in [-0.4, -0.2) is 68.9 Å². The third-order valence-corrected chi connectivity index (χ3v) is 1.87. The Morgan fingerprint density at radius 1 is 1.06 bits per heavy atom. The van der Waals surface area contributed by atoms with E-state index in [1.54, 1.807) is 0 Å². The lowest BCUT2D eigenvalue weighted by molar-refractivity contribution is -0.286. The van der Waals surface area contributed by atoms with E-state index in [9.17, 15) is 0 Å². The number of primary amides is 2. The zero-order chi connectivity index (χ0) is 12.9. The van der Waals surface area contributed by atoms with E-state index in [1.807, 2.05) is 0 Å². The molecule has 1 aliphatic rings. The summed E-state index contributed by atoms with van der Waals surface area (Å²) in [5, 5.41) is 44.7. The van der Waals surface area contributed by atoms with E-state index in [4.69, 9.17) is 30.3 Å². The molecule has 0 aliphatic carbocycles. The van der Waals surface area contributed by atoms with Crippen LogP contribution in [0.15, 0.2) is 0 Å². The number of carbonyl (C=O) groups excluding carboxylic acids is 1. The molecule has 1 unspecified atom stereocenters. The highest BCUT2D eigenvalue weighted by molar-refractivity contribution is 5.69. The average Bonchev–Trinajstić information content (AvgIpc) is 2.19. The van der Waals surface area contributed by atoms with Crippen LogP contribution in [0.2, 0.25) is 0 Å². The van der Waals surface area contributed by atoms with Gasteiger partial charge in [0, 0.05) is 0 Å². The van der Waals surface area contributed by atoms with E-state index < -0.39 is 43.3 Å². The molecule has 16 heavy (non-hydrogen) atoms. The molecule has 9 N–H and O–H groups in total. The third kappa shape index (κ3) is 4.26. The molecule has 96 valence electrons. The Kier molecular flexibility index (Phi) is 6.18. The van der Waals surface area contributed by atoms with E-state index in [0.29, 0.717) is 0 Å². The second-order valence-electron chi connectivity index (χ2n) is 3.12. The molecule has 1 aliphatic heterocycles. The molecule has 0 radical (unpaired) electrons. The second-order valence-corrected chi connectivity index (χ2v) is 3.12. The second kappa shape index (κ2) is 6.58. The van der Waals surface area contributed by atoms with Gasteiger partial charge in [-0.2, -0.15) is 0 Å². The lowest BCUT2D eigenvalue weighted by Crippen LogP contribution is -2.58. The lowest BCUT2D eigenvalue weighted by atomic mass is 10.00. The predicted octanol–water partition coefficient (Wildman–Crippen LogP) is -4.20. The van der Waals surface area contributed by atoms with Gasteiger partial charge in [-0.05, 0) is 0 Å². The van der Waals surface area contributed by atoms with Crippen molar-refractivity contribution in [1.82, 2.24) is 0 Å². The molecule has 1 heterocycles. The van der Waals surface area contributed by atoms with Crippen molar-refractivity contribution in [1.29, 1.82) is 0 Å². The minimum Gasteiger partial charge on any atom is -0.394 e. The summed E-state index contributed by atoms with van der Waals surface area (Å²) >= 11 is 0. The first-order valence-electron chi connectivity index (χ1n) is 4.34. The highest BCUT2D eigenvalue weighted by Gasteiger charge is 2.42. The van der Waals surface area contributed by atoms with E-state index in [1.165, 1.54) is 0 Å². The van der Waals surface area contributed by atoms with Gasteiger partial charge in [-0.3, -0.25) is 0 Å². The van der Waals surface area contributed by atoms with Crippen molar-refractivity contribution in [2.24, 2.45) is 11.5 Å². The number of aliphatic hydroxyl groups is 5. The minimum atomic E-state index is -1.57. The van der Waals surface area contributed by atoms with E-state index in [2.05, 4.69) is 16.2 Å². The zero-order valence-electron chi connectivity index (χ0n) is 8.30. The van der Waals surface area contributed by atoms with Gasteiger partial charge in [0.05, 0.1) is 6.61 Å². The number of carbonyl (C=O) groups is 1. The largest absolute Gasteiger partial charge is 0.394 e. The van der Waals surface area contributed by atoms with E-state index in [-0.39, 0.29) is 0 Å². The Morgan fingerprint density at radius 2 is 1.50 bits per heavy atom. The van der Waals surface area contributed by atoms with Crippen molar-refractivity contribution in [3.05, 3.63) is 0 Å². The van der Waals surface area contributed by atoms with Crippen molar-refractivity contribution < 1.29 is 35.1 Å². The molecular formula is C7H16N2O7. The molecule has 1 rings (SSSR count). The SMILES string of the molecule is NC(N)=O.OC[C@H]1OC(O)[C@H](O)[C@@H](O)[C@@H]1O. The fraction of sp³-hybridized carbons (Fsp3) is 0.857. The van der Waals surface area contributed by atoms with Crippen LogP contribution in [0, 0.1) is 0 Å². The Bertz CT molecular complexity index is 218. The predicted molar refractivity (Wildman–Crippen MR) is 49.8 cm³/mol. The number of rotatable bonds is 1. The normalized spacial score (nSPS) is 38.4. The maximum Gasteiger partial charge on any atom is 0.309 e. The van der Waals surface area contributed by atoms with Crippen LogP contribution in [0.4, 0.5) is 4.79 Å². The van der Waals surface area contributed by atoms with Gasteiger partial charge in [0.15, 0.2) is 6.29 Å². The lowest BCUT2D eigenvalue weighted by Gasteiger charge is -2.37. The Hall–Kier alpha value is -0.970. The van der Waals surface area contributed by atoms with Crippen molar-refractivity contribution >= 4 is 6.03 Å². The van der Waals surface area contributed by atoms with Gasteiger partial charge in [-0.25, -0.2) is 4.79 Å². The Labute approximate surface area is 90.9 Å². The van der Waals surface area contributed by atoms with Crippen molar-refractivity contribution in [3.8, 4) is 0 Å². The van der Waals surface area contributed by atoms with Gasteiger partial charge >= 0.3 is 6.03 Å². The van der Waals surface area contributed by atoms with Gasteiger partial charge in [0.2, 0.25) is 0 Å². The molecular weight excluding hydrogens is 224 g/mol. The molecule has 0 aromatic rings. The maximum absolute atomic E-state index is 9.12. The molecule has 0 bridgehead atoms. The smallest absolute Gasteiger partial charge is 0.309 e.